The van der Waals surface area contributed by atoms with E-state index in [0.29, 0.717) is 24.4 Å². The van der Waals surface area contributed by atoms with Gasteiger partial charge in [-0.3, -0.25) is 4.79 Å². The number of hydrogen-bond donors (Lipinski definition) is 0. The number of ether oxygens (including phenoxy) is 4. The Balaban J connectivity index is 1.35. The molecule has 0 saturated carbocycles. The third-order valence-corrected chi connectivity index (χ3v) is 4.68. The zero-order chi connectivity index (χ0) is 19.2. The van der Waals surface area contributed by atoms with Gasteiger partial charge in [0.2, 0.25) is 11.5 Å². The van der Waals surface area contributed by atoms with Crippen molar-refractivity contribution in [1.82, 2.24) is 0 Å². The highest BCUT2D eigenvalue weighted by atomic mass is 16.6. The second-order valence-electron chi connectivity index (χ2n) is 6.87. The van der Waals surface area contributed by atoms with E-state index in [2.05, 4.69) is 24.3 Å². The van der Waals surface area contributed by atoms with Crippen molar-refractivity contribution in [3.8, 4) is 0 Å². The molecule has 0 unspecified atom stereocenters. The van der Waals surface area contributed by atoms with E-state index in [1.807, 2.05) is 12.2 Å². The average Bonchev–Trinajstić information content (AvgIpc) is 2.75. The highest BCUT2D eigenvalue weighted by Crippen LogP contribution is 2.29. The number of Topliss-reactive ketones (excluding diaryl/α,β-unsaturated/α-hetero) is 1. The van der Waals surface area contributed by atoms with E-state index in [0.717, 1.165) is 25.7 Å². The second-order valence-corrected chi connectivity index (χ2v) is 6.87. The first kappa shape index (κ1) is 18.2. The lowest BCUT2D eigenvalue weighted by Gasteiger charge is -2.20. The maximum absolute atomic E-state index is 12.8. The van der Waals surface area contributed by atoms with E-state index < -0.39 is 5.78 Å². The maximum Gasteiger partial charge on any atom is 0.269 e. The van der Waals surface area contributed by atoms with Crippen LogP contribution in [0.5, 0.6) is 0 Å². The fourth-order valence-electron chi connectivity index (χ4n) is 3.25. The molecule has 4 aliphatic rings. The van der Waals surface area contributed by atoms with E-state index in [1.165, 1.54) is 36.2 Å². The van der Waals surface area contributed by atoms with E-state index >= 15 is 0 Å². The Bertz CT molecular complexity index is 818. The SMILES string of the molecule is O=C(C1=COC=C(CC2=CC=CCC2)O1)C1=COC=C(CC2=CC=CCC2)O1. The molecule has 0 spiro atoms. The zero-order valence-electron chi connectivity index (χ0n) is 15.6. The molecule has 0 aromatic heterocycles. The first-order valence-electron chi connectivity index (χ1n) is 9.47. The van der Waals surface area contributed by atoms with Crippen LogP contribution in [0.15, 0.2) is 95.7 Å². The van der Waals surface area contributed by atoms with Gasteiger partial charge in [-0.1, -0.05) is 47.6 Å². The van der Waals surface area contributed by atoms with Crippen molar-refractivity contribution in [2.45, 2.75) is 38.5 Å². The summed E-state index contributed by atoms with van der Waals surface area (Å²) in [7, 11) is 0. The van der Waals surface area contributed by atoms with Gasteiger partial charge in [0.15, 0.2) is 0 Å². The van der Waals surface area contributed by atoms with Gasteiger partial charge in [0.1, 0.15) is 36.6 Å². The van der Waals surface area contributed by atoms with Crippen LogP contribution in [0.2, 0.25) is 0 Å². The summed E-state index contributed by atoms with van der Waals surface area (Å²) in [5, 5.41) is 0. The largest absolute Gasteiger partial charge is 0.465 e. The molecule has 5 nitrogen and oxygen atoms in total. The highest BCUT2D eigenvalue weighted by molar-refractivity contribution is 6.05. The van der Waals surface area contributed by atoms with Gasteiger partial charge in [-0.05, 0) is 25.7 Å². The molecule has 2 heterocycles. The Morgan fingerprint density at radius 2 is 1.25 bits per heavy atom. The van der Waals surface area contributed by atoms with Gasteiger partial charge in [-0.25, -0.2) is 0 Å². The lowest BCUT2D eigenvalue weighted by atomic mass is 10.0. The number of carbonyl (C=O) groups is 1. The molecule has 144 valence electrons. The fourth-order valence-corrected chi connectivity index (χ4v) is 3.25. The molecule has 0 fully saturated rings. The van der Waals surface area contributed by atoms with Crippen LogP contribution in [0.4, 0.5) is 0 Å². The van der Waals surface area contributed by atoms with Crippen molar-refractivity contribution in [2.24, 2.45) is 0 Å². The fraction of sp³-hybridized carbons (Fsp3) is 0.261. The lowest BCUT2D eigenvalue weighted by Crippen LogP contribution is -2.16. The van der Waals surface area contributed by atoms with E-state index in [9.17, 15) is 4.79 Å². The predicted molar refractivity (Wildman–Crippen MR) is 104 cm³/mol. The quantitative estimate of drug-likeness (QED) is 0.624. The number of allylic oxidation sites excluding steroid dienone is 8. The minimum Gasteiger partial charge on any atom is -0.465 e. The summed E-state index contributed by atoms with van der Waals surface area (Å²) in [6.07, 6.45) is 23.3. The van der Waals surface area contributed by atoms with Gasteiger partial charge in [0.25, 0.3) is 5.78 Å². The molecule has 0 aromatic carbocycles. The van der Waals surface area contributed by atoms with Gasteiger partial charge >= 0.3 is 0 Å². The lowest BCUT2D eigenvalue weighted by molar-refractivity contribution is -0.118. The van der Waals surface area contributed by atoms with Crippen molar-refractivity contribution in [2.75, 3.05) is 0 Å². The monoisotopic (exact) mass is 378 g/mol. The summed E-state index contributed by atoms with van der Waals surface area (Å²) in [4.78, 5) is 12.8. The molecule has 2 aliphatic carbocycles. The molecule has 0 aromatic rings. The molecular weight excluding hydrogens is 356 g/mol. The first-order chi connectivity index (χ1) is 13.8. The van der Waals surface area contributed by atoms with Crippen molar-refractivity contribution >= 4 is 5.78 Å². The molecular formula is C23H22O5. The minimum atomic E-state index is -0.411. The molecule has 4 rings (SSSR count). The molecule has 0 bridgehead atoms. The van der Waals surface area contributed by atoms with Crippen molar-refractivity contribution in [3.63, 3.8) is 0 Å². The summed E-state index contributed by atoms with van der Waals surface area (Å²) < 4.78 is 22.2. The maximum atomic E-state index is 12.8. The Labute approximate surface area is 164 Å². The molecule has 0 atom stereocenters. The van der Waals surface area contributed by atoms with Crippen LogP contribution >= 0.6 is 0 Å². The van der Waals surface area contributed by atoms with E-state index in [1.54, 1.807) is 0 Å². The number of carbonyl (C=O) groups excluding carboxylic acids is 1. The van der Waals surface area contributed by atoms with Gasteiger partial charge in [0, 0.05) is 12.8 Å². The predicted octanol–water partition coefficient (Wildman–Crippen LogP) is 5.35. The van der Waals surface area contributed by atoms with Crippen molar-refractivity contribution in [1.29, 1.82) is 0 Å². The third kappa shape index (κ3) is 4.55. The summed E-state index contributed by atoms with van der Waals surface area (Å²) in [6.45, 7) is 0. The zero-order valence-corrected chi connectivity index (χ0v) is 15.6. The summed E-state index contributed by atoms with van der Waals surface area (Å²) in [5.74, 6) is 0.950. The van der Waals surface area contributed by atoms with Crippen molar-refractivity contribution in [3.05, 3.63) is 95.7 Å². The van der Waals surface area contributed by atoms with Crippen LogP contribution in [-0.2, 0) is 23.7 Å². The molecule has 0 N–H and O–H groups in total. The average molecular weight is 378 g/mol. The summed E-state index contributed by atoms with van der Waals surface area (Å²) in [6, 6.07) is 0. The van der Waals surface area contributed by atoms with Crippen LogP contribution in [-0.4, -0.2) is 5.78 Å². The number of hydrogen-bond acceptors (Lipinski definition) is 5. The van der Waals surface area contributed by atoms with Gasteiger partial charge < -0.3 is 18.9 Å². The Kier molecular flexibility index (Phi) is 5.61. The van der Waals surface area contributed by atoms with Gasteiger partial charge in [-0.15, -0.1) is 0 Å². The highest BCUT2D eigenvalue weighted by Gasteiger charge is 2.26. The standard InChI is InChI=1S/C23H22O5/c24-23(21-15-25-13-19(27-21)11-17-7-3-1-4-8-17)22-16-26-14-20(28-22)12-18-9-5-2-6-10-18/h1-3,5,7,9,13-16H,4,6,8,10-12H2. The van der Waals surface area contributed by atoms with E-state index in [4.69, 9.17) is 18.9 Å². The van der Waals surface area contributed by atoms with Crippen molar-refractivity contribution < 1.29 is 23.7 Å². The number of ketones is 1. The Morgan fingerprint density at radius 1 is 0.750 bits per heavy atom. The molecule has 5 heteroatoms. The topological polar surface area (TPSA) is 54.0 Å². The minimum absolute atomic E-state index is 0.0837. The normalized spacial score (nSPS) is 20.7. The smallest absolute Gasteiger partial charge is 0.269 e. The van der Waals surface area contributed by atoms with Crippen LogP contribution < -0.4 is 0 Å². The van der Waals surface area contributed by atoms with Crippen LogP contribution in [0.1, 0.15) is 38.5 Å². The Hall–Kier alpha value is -3.21. The molecule has 2 aliphatic heterocycles. The van der Waals surface area contributed by atoms with Gasteiger partial charge in [0.05, 0.1) is 0 Å². The first-order valence-corrected chi connectivity index (χ1v) is 9.47. The Morgan fingerprint density at radius 3 is 1.68 bits per heavy atom. The van der Waals surface area contributed by atoms with E-state index in [-0.39, 0.29) is 11.5 Å². The summed E-state index contributed by atoms with van der Waals surface area (Å²) in [5.41, 5.74) is 2.48. The van der Waals surface area contributed by atoms with Gasteiger partial charge in [-0.2, -0.15) is 0 Å². The van der Waals surface area contributed by atoms with Crippen LogP contribution in [0.3, 0.4) is 0 Å². The number of rotatable bonds is 6. The second kappa shape index (κ2) is 8.65. The molecule has 0 radical (unpaired) electrons. The molecule has 0 amide bonds. The third-order valence-electron chi connectivity index (χ3n) is 4.68. The van der Waals surface area contributed by atoms with Crippen LogP contribution in [0, 0.1) is 0 Å². The molecule has 0 saturated heterocycles. The van der Waals surface area contributed by atoms with Crippen LogP contribution in [0.25, 0.3) is 0 Å². The molecule has 28 heavy (non-hydrogen) atoms. The summed E-state index contributed by atoms with van der Waals surface area (Å²) >= 11 is 0.